The number of ether oxygens (including phenoxy) is 1. The molecule has 0 spiro atoms. The lowest BCUT2D eigenvalue weighted by molar-refractivity contribution is 0.415. The molecule has 0 N–H and O–H groups in total. The number of anilines is 1. The number of halogens is 1. The molecule has 0 amide bonds. The Hall–Kier alpha value is -3.18. The van der Waals surface area contributed by atoms with Crippen LogP contribution in [0.1, 0.15) is 11.6 Å². The van der Waals surface area contributed by atoms with Crippen LogP contribution in [0, 0.1) is 0 Å². The van der Waals surface area contributed by atoms with Crippen molar-refractivity contribution in [2.45, 2.75) is 5.92 Å². The molecule has 4 aromatic rings. The van der Waals surface area contributed by atoms with Gasteiger partial charge in [0.05, 0.1) is 29.0 Å². The lowest BCUT2D eigenvalue weighted by Gasteiger charge is -2.40. The zero-order valence-electron chi connectivity index (χ0n) is 15.9. The van der Waals surface area contributed by atoms with Gasteiger partial charge in [0, 0.05) is 42.4 Å². The Labute approximate surface area is 174 Å². The summed E-state index contributed by atoms with van der Waals surface area (Å²) in [5.74, 6) is 2.05. The molecular formula is C23H19ClN4O. The van der Waals surface area contributed by atoms with E-state index in [4.69, 9.17) is 21.3 Å². The monoisotopic (exact) mass is 402 g/mol. The number of hydrogen-bond donors (Lipinski definition) is 0. The third-order valence-electron chi connectivity index (χ3n) is 5.32. The predicted molar refractivity (Wildman–Crippen MR) is 116 cm³/mol. The molecule has 29 heavy (non-hydrogen) atoms. The third-order valence-corrected chi connectivity index (χ3v) is 5.62. The Kier molecular flexibility index (Phi) is 4.52. The van der Waals surface area contributed by atoms with Crippen molar-refractivity contribution in [1.29, 1.82) is 0 Å². The molecule has 0 bridgehead atoms. The summed E-state index contributed by atoms with van der Waals surface area (Å²) in [6.45, 7) is 1.69. The normalized spacial score (nSPS) is 14.1. The molecule has 1 fully saturated rings. The standard InChI is InChI=1S/C23H19ClN4O/c1-29-18-6-2-5-16(12-18)22-23(26-11-10-25-22)17-13-28(14-17)20-9-8-15-4-3-7-19(24)21(15)27-20/h2-12,17H,13-14H2,1H3. The maximum absolute atomic E-state index is 6.32. The summed E-state index contributed by atoms with van der Waals surface area (Å²) in [6, 6.07) is 17.9. The summed E-state index contributed by atoms with van der Waals surface area (Å²) in [4.78, 5) is 16.3. The minimum Gasteiger partial charge on any atom is -0.497 e. The van der Waals surface area contributed by atoms with Crippen LogP contribution < -0.4 is 9.64 Å². The van der Waals surface area contributed by atoms with Crippen LogP contribution in [0.15, 0.2) is 67.0 Å². The summed E-state index contributed by atoms with van der Waals surface area (Å²) < 4.78 is 5.36. The van der Waals surface area contributed by atoms with Crippen molar-refractivity contribution >= 4 is 28.3 Å². The zero-order chi connectivity index (χ0) is 19.8. The topological polar surface area (TPSA) is 51.1 Å². The molecule has 0 radical (unpaired) electrons. The third kappa shape index (κ3) is 3.28. The van der Waals surface area contributed by atoms with E-state index in [9.17, 15) is 0 Å². The van der Waals surface area contributed by atoms with Gasteiger partial charge in [-0.3, -0.25) is 9.97 Å². The van der Waals surface area contributed by atoms with Crippen molar-refractivity contribution in [3.8, 4) is 17.0 Å². The first-order valence-corrected chi connectivity index (χ1v) is 9.86. The van der Waals surface area contributed by atoms with Crippen molar-refractivity contribution in [3.05, 3.63) is 77.7 Å². The maximum atomic E-state index is 6.32. The number of pyridine rings is 1. The van der Waals surface area contributed by atoms with Crippen LogP contribution in [0.25, 0.3) is 22.2 Å². The highest BCUT2D eigenvalue weighted by Gasteiger charge is 2.32. The van der Waals surface area contributed by atoms with Gasteiger partial charge in [0.2, 0.25) is 0 Å². The van der Waals surface area contributed by atoms with E-state index in [-0.39, 0.29) is 0 Å². The van der Waals surface area contributed by atoms with Crippen molar-refractivity contribution in [1.82, 2.24) is 15.0 Å². The molecule has 1 aliphatic rings. The summed E-state index contributed by atoms with van der Waals surface area (Å²) >= 11 is 6.32. The highest BCUT2D eigenvalue weighted by atomic mass is 35.5. The van der Waals surface area contributed by atoms with Crippen LogP contribution >= 0.6 is 11.6 Å². The van der Waals surface area contributed by atoms with Crippen molar-refractivity contribution < 1.29 is 4.74 Å². The quantitative estimate of drug-likeness (QED) is 0.483. The van der Waals surface area contributed by atoms with Crippen LogP contribution in [0.5, 0.6) is 5.75 Å². The average molecular weight is 403 g/mol. The van der Waals surface area contributed by atoms with E-state index in [2.05, 4.69) is 27.0 Å². The molecule has 1 aliphatic heterocycles. The number of nitrogens with zero attached hydrogens (tertiary/aromatic N) is 4. The lowest BCUT2D eigenvalue weighted by atomic mass is 9.92. The summed E-state index contributed by atoms with van der Waals surface area (Å²) in [7, 11) is 1.67. The highest BCUT2D eigenvalue weighted by molar-refractivity contribution is 6.35. The number of fused-ring (bicyclic) bond motifs is 1. The first kappa shape index (κ1) is 17.9. The summed E-state index contributed by atoms with van der Waals surface area (Å²) in [6.07, 6.45) is 3.50. The molecule has 2 aromatic heterocycles. The Morgan fingerprint density at radius 1 is 1.00 bits per heavy atom. The number of rotatable bonds is 4. The second kappa shape index (κ2) is 7.33. The number of para-hydroxylation sites is 1. The second-order valence-electron chi connectivity index (χ2n) is 7.11. The molecule has 0 unspecified atom stereocenters. The van der Waals surface area contributed by atoms with Gasteiger partial charge in [-0.05, 0) is 30.3 Å². The number of aromatic nitrogens is 3. The Balaban J connectivity index is 1.41. The predicted octanol–water partition coefficient (Wildman–Crippen LogP) is 4.96. The van der Waals surface area contributed by atoms with E-state index in [1.165, 1.54) is 0 Å². The van der Waals surface area contributed by atoms with Gasteiger partial charge in [0.1, 0.15) is 11.6 Å². The van der Waals surface area contributed by atoms with Crippen LogP contribution in [-0.4, -0.2) is 35.2 Å². The van der Waals surface area contributed by atoms with Gasteiger partial charge in [0.15, 0.2) is 0 Å². The maximum Gasteiger partial charge on any atom is 0.129 e. The Morgan fingerprint density at radius 2 is 1.83 bits per heavy atom. The van der Waals surface area contributed by atoms with Crippen molar-refractivity contribution in [3.63, 3.8) is 0 Å². The van der Waals surface area contributed by atoms with Gasteiger partial charge in [-0.25, -0.2) is 4.98 Å². The fourth-order valence-corrected chi connectivity index (χ4v) is 3.98. The first-order chi connectivity index (χ1) is 14.2. The molecule has 1 saturated heterocycles. The van der Waals surface area contributed by atoms with Crippen LogP contribution in [0.4, 0.5) is 5.82 Å². The lowest BCUT2D eigenvalue weighted by Crippen LogP contribution is -2.46. The molecule has 3 heterocycles. The molecule has 2 aromatic carbocycles. The zero-order valence-corrected chi connectivity index (χ0v) is 16.7. The fourth-order valence-electron chi connectivity index (χ4n) is 3.76. The molecule has 144 valence electrons. The number of methoxy groups -OCH3 is 1. The Morgan fingerprint density at radius 3 is 2.69 bits per heavy atom. The molecule has 0 aliphatic carbocycles. The van der Waals surface area contributed by atoms with Gasteiger partial charge in [-0.1, -0.05) is 35.9 Å². The molecule has 0 atom stereocenters. The van der Waals surface area contributed by atoms with Gasteiger partial charge < -0.3 is 9.64 Å². The van der Waals surface area contributed by atoms with E-state index < -0.39 is 0 Å². The molecule has 5 rings (SSSR count). The smallest absolute Gasteiger partial charge is 0.129 e. The van der Waals surface area contributed by atoms with Crippen molar-refractivity contribution in [2.75, 3.05) is 25.1 Å². The minimum atomic E-state index is 0.300. The second-order valence-corrected chi connectivity index (χ2v) is 7.51. The first-order valence-electron chi connectivity index (χ1n) is 9.48. The van der Waals surface area contributed by atoms with Crippen molar-refractivity contribution in [2.24, 2.45) is 0 Å². The van der Waals surface area contributed by atoms with E-state index >= 15 is 0 Å². The minimum absolute atomic E-state index is 0.300. The molecule has 0 saturated carbocycles. The highest BCUT2D eigenvalue weighted by Crippen LogP contribution is 2.35. The molecular weight excluding hydrogens is 384 g/mol. The van der Waals surface area contributed by atoms with E-state index in [0.717, 1.165) is 52.5 Å². The van der Waals surface area contributed by atoms with Gasteiger partial charge >= 0.3 is 0 Å². The van der Waals surface area contributed by atoms with E-state index in [1.807, 2.05) is 42.5 Å². The van der Waals surface area contributed by atoms with Crippen LogP contribution in [-0.2, 0) is 0 Å². The van der Waals surface area contributed by atoms with Gasteiger partial charge in [0.25, 0.3) is 0 Å². The number of benzene rings is 2. The van der Waals surface area contributed by atoms with Crippen LogP contribution in [0.2, 0.25) is 5.02 Å². The Bertz CT molecular complexity index is 1190. The fraction of sp³-hybridized carbons (Fsp3) is 0.174. The molecule has 5 nitrogen and oxygen atoms in total. The summed E-state index contributed by atoms with van der Waals surface area (Å²) in [5, 5.41) is 1.73. The average Bonchev–Trinajstić information content (AvgIpc) is 2.74. The SMILES string of the molecule is COc1cccc(-c2nccnc2C2CN(c3ccc4cccc(Cl)c4n3)C2)c1. The van der Waals surface area contributed by atoms with E-state index in [1.54, 1.807) is 19.5 Å². The van der Waals surface area contributed by atoms with Gasteiger partial charge in [-0.2, -0.15) is 0 Å². The van der Waals surface area contributed by atoms with Gasteiger partial charge in [-0.15, -0.1) is 0 Å². The van der Waals surface area contributed by atoms with Crippen LogP contribution in [0.3, 0.4) is 0 Å². The number of hydrogen-bond acceptors (Lipinski definition) is 5. The molecule has 6 heteroatoms. The van der Waals surface area contributed by atoms with E-state index in [0.29, 0.717) is 10.9 Å². The largest absolute Gasteiger partial charge is 0.497 e. The summed E-state index contributed by atoms with van der Waals surface area (Å²) in [5.41, 5.74) is 3.77.